The summed E-state index contributed by atoms with van der Waals surface area (Å²) in [5.74, 6) is 0. The summed E-state index contributed by atoms with van der Waals surface area (Å²) in [5, 5.41) is 4.34. The molecule has 2 rings (SSSR count). The molecular formula is C14H26N4O. The zero-order chi connectivity index (χ0) is 13.8. The third-order valence-corrected chi connectivity index (χ3v) is 4.16. The molecule has 5 heteroatoms. The number of hydrogen-bond acceptors (Lipinski definition) is 4. The predicted molar refractivity (Wildman–Crippen MR) is 76.0 cm³/mol. The highest BCUT2D eigenvalue weighted by atomic mass is 16.5. The van der Waals surface area contributed by atoms with Gasteiger partial charge in [-0.1, -0.05) is 6.92 Å². The lowest BCUT2D eigenvalue weighted by Crippen LogP contribution is -2.39. The number of rotatable bonds is 6. The molecule has 1 aliphatic heterocycles. The summed E-state index contributed by atoms with van der Waals surface area (Å²) >= 11 is 0. The lowest BCUT2D eigenvalue weighted by atomic mass is 10.1. The van der Waals surface area contributed by atoms with Gasteiger partial charge in [-0.25, -0.2) is 0 Å². The molecule has 1 aliphatic rings. The maximum atomic E-state index is 6.01. The first-order valence-corrected chi connectivity index (χ1v) is 7.21. The second-order valence-corrected chi connectivity index (χ2v) is 5.28. The summed E-state index contributed by atoms with van der Waals surface area (Å²) in [6.45, 7) is 7.76. The Bertz CT molecular complexity index is 398. The third kappa shape index (κ3) is 3.16. The molecule has 2 N–H and O–H groups in total. The zero-order valence-electron chi connectivity index (χ0n) is 12.3. The van der Waals surface area contributed by atoms with Crippen LogP contribution in [0.25, 0.3) is 0 Å². The summed E-state index contributed by atoms with van der Waals surface area (Å²) in [7, 11) is 1.97. The zero-order valence-corrected chi connectivity index (χ0v) is 12.3. The summed E-state index contributed by atoms with van der Waals surface area (Å²) in [6.07, 6.45) is 4.66. The molecule has 19 heavy (non-hydrogen) atoms. The van der Waals surface area contributed by atoms with Crippen molar-refractivity contribution in [1.29, 1.82) is 0 Å². The predicted octanol–water partition coefficient (Wildman–Crippen LogP) is 1.23. The molecule has 0 amide bonds. The highest BCUT2D eigenvalue weighted by Gasteiger charge is 2.26. The van der Waals surface area contributed by atoms with E-state index in [0.717, 1.165) is 19.7 Å². The minimum absolute atomic E-state index is 0.239. The maximum Gasteiger partial charge on any atom is 0.0703 e. The lowest BCUT2D eigenvalue weighted by Gasteiger charge is -2.31. The second kappa shape index (κ2) is 6.50. The van der Waals surface area contributed by atoms with Crippen LogP contribution in [0.5, 0.6) is 0 Å². The maximum absolute atomic E-state index is 6.01. The average Bonchev–Trinajstić information content (AvgIpc) is 3.03. The van der Waals surface area contributed by atoms with Crippen molar-refractivity contribution in [2.24, 2.45) is 12.8 Å². The number of nitrogens with two attached hydrogens (primary N) is 1. The van der Waals surface area contributed by atoms with Crippen molar-refractivity contribution >= 4 is 0 Å². The fourth-order valence-corrected chi connectivity index (χ4v) is 2.84. The van der Waals surface area contributed by atoms with Crippen molar-refractivity contribution in [2.45, 2.75) is 38.8 Å². The molecule has 0 bridgehead atoms. The summed E-state index contributed by atoms with van der Waals surface area (Å²) in [6, 6.07) is 0.239. The van der Waals surface area contributed by atoms with E-state index in [-0.39, 0.29) is 6.04 Å². The van der Waals surface area contributed by atoms with Gasteiger partial charge in [0, 0.05) is 38.0 Å². The molecular weight excluding hydrogens is 240 g/mol. The minimum atomic E-state index is 0.239. The van der Waals surface area contributed by atoms with Crippen molar-refractivity contribution in [2.75, 3.05) is 26.2 Å². The first-order valence-electron chi connectivity index (χ1n) is 7.21. The van der Waals surface area contributed by atoms with Crippen LogP contribution in [0, 0.1) is 6.92 Å². The van der Waals surface area contributed by atoms with Crippen LogP contribution in [0.2, 0.25) is 0 Å². The molecule has 1 aromatic heterocycles. The van der Waals surface area contributed by atoms with Crippen LogP contribution in [0.4, 0.5) is 0 Å². The van der Waals surface area contributed by atoms with E-state index in [9.17, 15) is 0 Å². The Morgan fingerprint density at radius 1 is 1.63 bits per heavy atom. The molecule has 2 atom stereocenters. The molecule has 0 aromatic carbocycles. The van der Waals surface area contributed by atoms with Gasteiger partial charge in [-0.3, -0.25) is 9.58 Å². The van der Waals surface area contributed by atoms with E-state index in [1.165, 1.54) is 24.1 Å². The molecule has 2 heterocycles. The normalized spacial score (nSPS) is 21.2. The Hall–Kier alpha value is -0.910. The quantitative estimate of drug-likeness (QED) is 0.841. The van der Waals surface area contributed by atoms with Gasteiger partial charge in [-0.15, -0.1) is 0 Å². The Morgan fingerprint density at radius 2 is 2.42 bits per heavy atom. The van der Waals surface area contributed by atoms with Gasteiger partial charge in [0.25, 0.3) is 0 Å². The standard InChI is InChI=1S/C14H26N4O/c1-4-18(10-12-6-5-7-19-12)14(8-15)13-9-16-17(3)11(13)2/h9,12,14H,4-8,10,15H2,1-3H3. The Morgan fingerprint density at radius 3 is 2.89 bits per heavy atom. The van der Waals surface area contributed by atoms with E-state index in [2.05, 4.69) is 23.8 Å². The average molecular weight is 266 g/mol. The Labute approximate surface area is 115 Å². The Kier molecular flexibility index (Phi) is 4.96. The smallest absolute Gasteiger partial charge is 0.0703 e. The molecule has 1 aromatic rings. The van der Waals surface area contributed by atoms with Crippen molar-refractivity contribution in [3.63, 3.8) is 0 Å². The van der Waals surface area contributed by atoms with Crippen molar-refractivity contribution in [1.82, 2.24) is 14.7 Å². The van der Waals surface area contributed by atoms with Gasteiger partial charge in [-0.2, -0.15) is 5.10 Å². The van der Waals surface area contributed by atoms with Gasteiger partial charge >= 0.3 is 0 Å². The van der Waals surface area contributed by atoms with E-state index < -0.39 is 0 Å². The molecule has 1 saturated heterocycles. The molecule has 2 unspecified atom stereocenters. The van der Waals surface area contributed by atoms with E-state index in [4.69, 9.17) is 10.5 Å². The fourth-order valence-electron chi connectivity index (χ4n) is 2.84. The number of hydrogen-bond donors (Lipinski definition) is 1. The molecule has 0 radical (unpaired) electrons. The van der Waals surface area contributed by atoms with Crippen molar-refractivity contribution in [3.05, 3.63) is 17.5 Å². The minimum Gasteiger partial charge on any atom is -0.377 e. The molecule has 0 aliphatic carbocycles. The SMILES string of the molecule is CCN(CC1CCCO1)C(CN)c1cnn(C)c1C. The molecule has 5 nitrogen and oxygen atoms in total. The monoisotopic (exact) mass is 266 g/mol. The van der Waals surface area contributed by atoms with Gasteiger partial charge in [0.2, 0.25) is 0 Å². The van der Waals surface area contributed by atoms with Gasteiger partial charge < -0.3 is 10.5 Å². The van der Waals surface area contributed by atoms with Crippen LogP contribution >= 0.6 is 0 Å². The molecule has 1 fully saturated rings. The lowest BCUT2D eigenvalue weighted by molar-refractivity contribution is 0.0600. The fraction of sp³-hybridized carbons (Fsp3) is 0.786. The number of aromatic nitrogens is 2. The van der Waals surface area contributed by atoms with Gasteiger partial charge in [0.15, 0.2) is 0 Å². The van der Waals surface area contributed by atoms with Gasteiger partial charge in [-0.05, 0) is 26.3 Å². The first kappa shape index (κ1) is 14.5. The summed E-state index contributed by atoms with van der Waals surface area (Å²) in [4.78, 5) is 2.42. The van der Waals surface area contributed by atoms with E-state index in [0.29, 0.717) is 12.6 Å². The van der Waals surface area contributed by atoms with Crippen LogP contribution < -0.4 is 5.73 Å². The largest absolute Gasteiger partial charge is 0.377 e. The van der Waals surface area contributed by atoms with Crippen LogP contribution in [0.1, 0.15) is 37.1 Å². The molecule has 0 saturated carbocycles. The molecule has 0 spiro atoms. The highest BCUT2D eigenvalue weighted by Crippen LogP contribution is 2.24. The first-order chi connectivity index (χ1) is 9.17. The Balaban J connectivity index is 2.11. The highest BCUT2D eigenvalue weighted by molar-refractivity contribution is 5.21. The number of nitrogens with zero attached hydrogens (tertiary/aromatic N) is 3. The van der Waals surface area contributed by atoms with E-state index in [1.54, 1.807) is 0 Å². The summed E-state index contributed by atoms with van der Waals surface area (Å²) in [5.41, 5.74) is 8.45. The van der Waals surface area contributed by atoms with Crippen LogP contribution in [-0.2, 0) is 11.8 Å². The summed E-state index contributed by atoms with van der Waals surface area (Å²) < 4.78 is 7.66. The number of ether oxygens (including phenoxy) is 1. The van der Waals surface area contributed by atoms with E-state index in [1.807, 2.05) is 17.9 Å². The van der Waals surface area contributed by atoms with Crippen LogP contribution in [-0.4, -0.2) is 47.0 Å². The van der Waals surface area contributed by atoms with Crippen molar-refractivity contribution in [3.8, 4) is 0 Å². The number of likely N-dealkylation sites (N-methyl/N-ethyl adjacent to an activating group) is 1. The van der Waals surface area contributed by atoms with Gasteiger partial charge in [0.05, 0.1) is 18.3 Å². The van der Waals surface area contributed by atoms with Gasteiger partial charge in [0.1, 0.15) is 0 Å². The molecule has 108 valence electrons. The van der Waals surface area contributed by atoms with Crippen molar-refractivity contribution < 1.29 is 4.74 Å². The second-order valence-electron chi connectivity index (χ2n) is 5.28. The van der Waals surface area contributed by atoms with Crippen LogP contribution in [0.3, 0.4) is 0 Å². The van der Waals surface area contributed by atoms with E-state index >= 15 is 0 Å². The van der Waals surface area contributed by atoms with Crippen LogP contribution in [0.15, 0.2) is 6.20 Å². The topological polar surface area (TPSA) is 56.3 Å². The number of aryl methyl sites for hydroxylation is 1. The third-order valence-electron chi connectivity index (χ3n) is 4.16.